The first-order chi connectivity index (χ1) is 13.1. The molecule has 0 aliphatic carbocycles. The molecule has 4 aromatic rings. The first kappa shape index (κ1) is 16.9. The highest BCUT2D eigenvalue weighted by Crippen LogP contribution is 2.25. The molecule has 2 aromatic carbocycles. The van der Waals surface area contributed by atoms with Gasteiger partial charge in [0, 0.05) is 16.5 Å². The van der Waals surface area contributed by atoms with Crippen molar-refractivity contribution in [3.05, 3.63) is 76.2 Å². The Bertz CT molecular complexity index is 1200. The summed E-state index contributed by atoms with van der Waals surface area (Å²) in [5.41, 5.74) is 1.02. The van der Waals surface area contributed by atoms with Crippen molar-refractivity contribution in [2.45, 2.75) is 0 Å². The number of carbonyl (C=O) groups is 1. The lowest BCUT2D eigenvalue weighted by Gasteiger charge is -2.05. The second-order valence-corrected chi connectivity index (χ2v) is 6.47. The Hall–Kier alpha value is -3.52. The van der Waals surface area contributed by atoms with Gasteiger partial charge in [0.25, 0.3) is 0 Å². The Morgan fingerprint density at radius 3 is 2.78 bits per heavy atom. The number of thiazole rings is 1. The fraction of sp³-hybridized carbons (Fsp3) is 0. The highest BCUT2D eigenvalue weighted by molar-refractivity contribution is 7.14. The Labute approximate surface area is 156 Å². The number of hydrogen-bond donors (Lipinski definition) is 2. The van der Waals surface area contributed by atoms with Gasteiger partial charge in [-0.25, -0.2) is 19.0 Å². The highest BCUT2D eigenvalue weighted by Gasteiger charge is 2.13. The van der Waals surface area contributed by atoms with E-state index in [1.54, 1.807) is 29.6 Å². The van der Waals surface area contributed by atoms with Crippen LogP contribution in [-0.4, -0.2) is 11.0 Å². The predicted octanol–water partition coefficient (Wildman–Crippen LogP) is 4.70. The van der Waals surface area contributed by atoms with Crippen LogP contribution in [0.2, 0.25) is 0 Å². The summed E-state index contributed by atoms with van der Waals surface area (Å²) in [6.07, 6.45) is 0. The summed E-state index contributed by atoms with van der Waals surface area (Å²) in [6.45, 7) is 0. The number of para-hydroxylation sites is 1. The van der Waals surface area contributed by atoms with Crippen molar-refractivity contribution in [3.8, 4) is 11.3 Å². The maximum atomic E-state index is 13.2. The van der Waals surface area contributed by atoms with E-state index in [0.29, 0.717) is 27.7 Å². The third-order valence-electron chi connectivity index (χ3n) is 3.72. The molecule has 0 bridgehead atoms. The molecule has 2 amide bonds. The molecule has 0 saturated carbocycles. The van der Waals surface area contributed by atoms with Crippen LogP contribution in [0, 0.1) is 5.82 Å². The molecule has 6 nitrogen and oxygen atoms in total. The van der Waals surface area contributed by atoms with E-state index in [4.69, 9.17) is 4.42 Å². The normalized spacial score (nSPS) is 10.7. The molecule has 2 aromatic heterocycles. The number of fused-ring (bicyclic) bond motifs is 1. The van der Waals surface area contributed by atoms with Crippen molar-refractivity contribution in [2.24, 2.45) is 0 Å². The van der Waals surface area contributed by atoms with Crippen molar-refractivity contribution < 1.29 is 13.6 Å². The van der Waals surface area contributed by atoms with Crippen LogP contribution in [0.5, 0.6) is 0 Å². The third-order valence-corrected chi connectivity index (χ3v) is 4.48. The number of carbonyl (C=O) groups excluding carboxylic acids is 1. The number of hydrogen-bond acceptors (Lipinski definition) is 5. The van der Waals surface area contributed by atoms with E-state index in [2.05, 4.69) is 15.6 Å². The number of anilines is 2. The number of nitrogens with one attached hydrogen (secondary N) is 2. The summed E-state index contributed by atoms with van der Waals surface area (Å²) in [6, 6.07) is 13.9. The molecule has 134 valence electrons. The van der Waals surface area contributed by atoms with Gasteiger partial charge in [0.15, 0.2) is 5.13 Å². The number of benzene rings is 2. The molecular weight excluding hydrogens is 369 g/mol. The van der Waals surface area contributed by atoms with E-state index in [1.165, 1.54) is 18.2 Å². The summed E-state index contributed by atoms with van der Waals surface area (Å²) < 4.78 is 18.5. The van der Waals surface area contributed by atoms with Gasteiger partial charge in [0.2, 0.25) is 0 Å². The monoisotopic (exact) mass is 381 g/mol. The smallest absolute Gasteiger partial charge is 0.345 e. The molecule has 0 aliphatic rings. The first-order valence-electron chi connectivity index (χ1n) is 7.91. The van der Waals surface area contributed by atoms with Crippen LogP contribution in [0.3, 0.4) is 0 Å². The summed E-state index contributed by atoms with van der Waals surface area (Å²) in [7, 11) is 0. The average molecular weight is 381 g/mol. The Morgan fingerprint density at radius 1 is 1.07 bits per heavy atom. The van der Waals surface area contributed by atoms with E-state index in [0.717, 1.165) is 16.7 Å². The van der Waals surface area contributed by atoms with E-state index in [-0.39, 0.29) is 0 Å². The Balaban J connectivity index is 1.54. The Kier molecular flexibility index (Phi) is 4.39. The summed E-state index contributed by atoms with van der Waals surface area (Å²) >= 11 is 1.16. The molecule has 0 spiro atoms. The van der Waals surface area contributed by atoms with Crippen molar-refractivity contribution in [1.82, 2.24) is 4.98 Å². The molecule has 0 radical (unpaired) electrons. The van der Waals surface area contributed by atoms with Crippen LogP contribution < -0.4 is 16.3 Å². The molecular formula is C19H12FN3O3S. The van der Waals surface area contributed by atoms with Crippen molar-refractivity contribution in [3.63, 3.8) is 0 Å². The van der Waals surface area contributed by atoms with Gasteiger partial charge in [-0.15, -0.1) is 11.3 Å². The maximum Gasteiger partial charge on any atom is 0.345 e. The number of halogens is 1. The van der Waals surface area contributed by atoms with Gasteiger partial charge in [-0.3, -0.25) is 5.32 Å². The highest BCUT2D eigenvalue weighted by atomic mass is 32.1. The SMILES string of the molecule is O=C(Nc1cccc(F)c1)Nc1nc(-c2cc3ccccc3oc2=O)cs1. The van der Waals surface area contributed by atoms with Gasteiger partial charge in [0.1, 0.15) is 11.4 Å². The number of urea groups is 1. The standard InChI is InChI=1S/C19H12FN3O3S/c20-12-5-3-6-13(9-12)21-18(25)23-19-22-15(10-27-19)14-8-11-4-1-2-7-16(11)26-17(14)24/h1-10H,(H2,21,22,23,25). The van der Waals surface area contributed by atoms with Crippen molar-refractivity contribution in [1.29, 1.82) is 0 Å². The van der Waals surface area contributed by atoms with Crippen LogP contribution in [0.15, 0.2) is 69.2 Å². The molecule has 0 fully saturated rings. The zero-order valence-corrected chi connectivity index (χ0v) is 14.5. The molecule has 2 heterocycles. The van der Waals surface area contributed by atoms with E-state index < -0.39 is 17.5 Å². The van der Waals surface area contributed by atoms with Gasteiger partial charge in [0.05, 0.1) is 11.3 Å². The molecule has 27 heavy (non-hydrogen) atoms. The van der Waals surface area contributed by atoms with Crippen LogP contribution in [-0.2, 0) is 0 Å². The second-order valence-electron chi connectivity index (χ2n) is 5.61. The average Bonchev–Trinajstić information content (AvgIpc) is 3.09. The minimum absolute atomic E-state index is 0.298. The maximum absolute atomic E-state index is 13.2. The van der Waals surface area contributed by atoms with Crippen LogP contribution in [0.1, 0.15) is 0 Å². The molecule has 2 N–H and O–H groups in total. The molecule has 8 heteroatoms. The largest absolute Gasteiger partial charge is 0.422 e. The predicted molar refractivity (Wildman–Crippen MR) is 103 cm³/mol. The van der Waals surface area contributed by atoms with Crippen LogP contribution in [0.25, 0.3) is 22.2 Å². The van der Waals surface area contributed by atoms with Gasteiger partial charge in [-0.05, 0) is 30.3 Å². The lowest BCUT2D eigenvalue weighted by molar-refractivity contribution is 0.262. The second kappa shape index (κ2) is 7.00. The number of amides is 2. The van der Waals surface area contributed by atoms with Gasteiger partial charge in [-0.1, -0.05) is 24.3 Å². The van der Waals surface area contributed by atoms with Crippen LogP contribution >= 0.6 is 11.3 Å². The molecule has 0 aliphatic heterocycles. The summed E-state index contributed by atoms with van der Waals surface area (Å²) in [5.74, 6) is -0.452. The van der Waals surface area contributed by atoms with Gasteiger partial charge >= 0.3 is 11.7 Å². The first-order valence-corrected chi connectivity index (χ1v) is 8.79. The minimum Gasteiger partial charge on any atom is -0.422 e. The molecule has 0 atom stereocenters. The zero-order chi connectivity index (χ0) is 18.8. The Morgan fingerprint density at radius 2 is 1.93 bits per heavy atom. The van der Waals surface area contributed by atoms with Crippen molar-refractivity contribution in [2.75, 3.05) is 10.6 Å². The zero-order valence-electron chi connectivity index (χ0n) is 13.7. The van der Waals surface area contributed by atoms with Gasteiger partial charge < -0.3 is 9.73 Å². The quantitative estimate of drug-likeness (QED) is 0.504. The molecule has 4 rings (SSSR count). The van der Waals surface area contributed by atoms with E-state index in [1.807, 2.05) is 12.1 Å². The number of aromatic nitrogens is 1. The lowest BCUT2D eigenvalue weighted by Crippen LogP contribution is -2.19. The lowest BCUT2D eigenvalue weighted by atomic mass is 10.1. The molecule has 0 saturated heterocycles. The van der Waals surface area contributed by atoms with Crippen LogP contribution in [0.4, 0.5) is 20.0 Å². The third kappa shape index (κ3) is 3.70. The summed E-state index contributed by atoms with van der Waals surface area (Å²) in [5, 5.41) is 7.80. The van der Waals surface area contributed by atoms with Crippen molar-refractivity contribution >= 4 is 39.2 Å². The minimum atomic E-state index is -0.563. The molecule has 0 unspecified atom stereocenters. The van der Waals surface area contributed by atoms with E-state index in [9.17, 15) is 14.0 Å². The fourth-order valence-electron chi connectivity index (χ4n) is 2.52. The fourth-order valence-corrected chi connectivity index (χ4v) is 3.23. The number of rotatable bonds is 3. The van der Waals surface area contributed by atoms with Gasteiger partial charge in [-0.2, -0.15) is 0 Å². The summed E-state index contributed by atoms with van der Waals surface area (Å²) in [4.78, 5) is 28.5. The topological polar surface area (TPSA) is 84.2 Å². The number of nitrogens with zero attached hydrogens (tertiary/aromatic N) is 1. The van der Waals surface area contributed by atoms with E-state index >= 15 is 0 Å².